The van der Waals surface area contributed by atoms with E-state index in [4.69, 9.17) is 0 Å². The van der Waals surface area contributed by atoms with E-state index in [-0.39, 0.29) is 11.7 Å². The summed E-state index contributed by atoms with van der Waals surface area (Å²) in [5.41, 5.74) is 3.61. The molecule has 3 rings (SSSR count). The number of piperazine rings is 1. The fraction of sp³-hybridized carbons (Fsp3) is 0.333. The lowest BCUT2D eigenvalue weighted by atomic mass is 10.0. The number of ketones is 1. The zero-order valence-corrected chi connectivity index (χ0v) is 15.4. The monoisotopic (exact) mass is 354 g/mol. The molecular formula is C21H23FN2O2. The van der Waals surface area contributed by atoms with Crippen LogP contribution in [-0.4, -0.2) is 42.8 Å². The van der Waals surface area contributed by atoms with Crippen molar-refractivity contribution < 1.29 is 14.0 Å². The molecule has 0 unspecified atom stereocenters. The second kappa shape index (κ2) is 7.28. The SMILES string of the molecule is CC(=O)c1ccc(N2CCN(C(=O)c3cc(C)ccc3C)CC2)c(F)c1. The Morgan fingerprint density at radius 2 is 1.65 bits per heavy atom. The summed E-state index contributed by atoms with van der Waals surface area (Å²) >= 11 is 0. The van der Waals surface area contributed by atoms with Gasteiger partial charge in [-0.3, -0.25) is 9.59 Å². The fourth-order valence-corrected chi connectivity index (χ4v) is 3.27. The minimum absolute atomic E-state index is 0.0262. The molecule has 136 valence electrons. The summed E-state index contributed by atoms with van der Waals surface area (Å²) in [6.45, 7) is 7.54. The van der Waals surface area contributed by atoms with Crippen LogP contribution in [0.25, 0.3) is 0 Å². The molecule has 2 aromatic carbocycles. The second-order valence-electron chi connectivity index (χ2n) is 6.82. The van der Waals surface area contributed by atoms with Crippen molar-refractivity contribution in [3.05, 3.63) is 64.5 Å². The number of anilines is 1. The molecule has 26 heavy (non-hydrogen) atoms. The maximum Gasteiger partial charge on any atom is 0.254 e. The van der Waals surface area contributed by atoms with E-state index in [0.717, 1.165) is 16.7 Å². The molecule has 1 heterocycles. The summed E-state index contributed by atoms with van der Waals surface area (Å²) in [7, 11) is 0. The number of halogens is 1. The van der Waals surface area contributed by atoms with Gasteiger partial charge in [0.05, 0.1) is 5.69 Å². The third-order valence-corrected chi connectivity index (χ3v) is 4.89. The van der Waals surface area contributed by atoms with E-state index in [1.807, 2.05) is 41.8 Å². The third-order valence-electron chi connectivity index (χ3n) is 4.89. The van der Waals surface area contributed by atoms with E-state index < -0.39 is 5.82 Å². The highest BCUT2D eigenvalue weighted by Crippen LogP contribution is 2.23. The van der Waals surface area contributed by atoms with Crippen molar-refractivity contribution in [2.45, 2.75) is 20.8 Å². The Labute approximate surface area is 153 Å². The van der Waals surface area contributed by atoms with Crippen molar-refractivity contribution in [3.8, 4) is 0 Å². The molecule has 0 atom stereocenters. The molecule has 1 amide bonds. The van der Waals surface area contributed by atoms with Gasteiger partial charge in [-0.05, 0) is 50.6 Å². The molecule has 1 aliphatic rings. The Kier molecular flexibility index (Phi) is 5.07. The van der Waals surface area contributed by atoms with Gasteiger partial charge in [0.25, 0.3) is 5.91 Å². The Morgan fingerprint density at radius 3 is 2.27 bits per heavy atom. The number of aryl methyl sites for hydroxylation is 2. The van der Waals surface area contributed by atoms with Crippen LogP contribution in [0.4, 0.5) is 10.1 Å². The van der Waals surface area contributed by atoms with Gasteiger partial charge >= 0.3 is 0 Å². The van der Waals surface area contributed by atoms with E-state index in [9.17, 15) is 14.0 Å². The maximum absolute atomic E-state index is 14.3. The summed E-state index contributed by atoms with van der Waals surface area (Å²) in [5.74, 6) is -0.523. The van der Waals surface area contributed by atoms with Crippen molar-refractivity contribution in [2.24, 2.45) is 0 Å². The summed E-state index contributed by atoms with van der Waals surface area (Å²) in [6, 6.07) is 10.5. The topological polar surface area (TPSA) is 40.6 Å². The van der Waals surface area contributed by atoms with Gasteiger partial charge in [-0.1, -0.05) is 17.7 Å². The molecule has 0 aromatic heterocycles. The minimum Gasteiger partial charge on any atom is -0.366 e. The molecule has 0 spiro atoms. The van der Waals surface area contributed by atoms with Crippen LogP contribution in [-0.2, 0) is 0 Å². The average Bonchev–Trinajstić information content (AvgIpc) is 2.63. The van der Waals surface area contributed by atoms with E-state index in [2.05, 4.69) is 0 Å². The van der Waals surface area contributed by atoms with E-state index in [1.54, 1.807) is 12.1 Å². The Bertz CT molecular complexity index is 855. The zero-order chi connectivity index (χ0) is 18.8. The highest BCUT2D eigenvalue weighted by atomic mass is 19.1. The number of rotatable bonds is 3. The molecule has 5 heteroatoms. The van der Waals surface area contributed by atoms with E-state index in [0.29, 0.717) is 37.4 Å². The Morgan fingerprint density at radius 1 is 0.962 bits per heavy atom. The quantitative estimate of drug-likeness (QED) is 0.791. The smallest absolute Gasteiger partial charge is 0.254 e. The molecule has 1 saturated heterocycles. The summed E-state index contributed by atoms with van der Waals surface area (Å²) in [5, 5.41) is 0. The first kappa shape index (κ1) is 18.1. The number of nitrogens with zero attached hydrogens (tertiary/aromatic N) is 2. The number of hydrogen-bond acceptors (Lipinski definition) is 3. The number of carbonyl (C=O) groups excluding carboxylic acids is 2. The van der Waals surface area contributed by atoms with Crippen LogP contribution in [0.2, 0.25) is 0 Å². The van der Waals surface area contributed by atoms with Crippen LogP contribution in [0.15, 0.2) is 36.4 Å². The number of benzene rings is 2. The number of Topliss-reactive ketones (excluding diaryl/α,β-unsaturated/α-hetero) is 1. The first-order valence-electron chi connectivity index (χ1n) is 8.79. The number of amides is 1. The first-order valence-corrected chi connectivity index (χ1v) is 8.79. The fourth-order valence-electron chi connectivity index (χ4n) is 3.27. The molecule has 0 saturated carbocycles. The normalized spacial score (nSPS) is 14.5. The van der Waals surface area contributed by atoms with Crippen molar-refractivity contribution in [1.82, 2.24) is 4.90 Å². The van der Waals surface area contributed by atoms with Crippen LogP contribution in [0.3, 0.4) is 0 Å². The van der Waals surface area contributed by atoms with Crippen LogP contribution in [0, 0.1) is 19.7 Å². The van der Waals surface area contributed by atoms with E-state index in [1.165, 1.54) is 13.0 Å². The van der Waals surface area contributed by atoms with Crippen LogP contribution in [0.1, 0.15) is 38.8 Å². The standard InChI is InChI=1S/C21H23FN2O2/c1-14-4-5-15(2)18(12-14)21(26)24-10-8-23(9-11-24)20-7-6-17(16(3)25)13-19(20)22/h4-7,12-13H,8-11H2,1-3H3. The van der Waals surface area contributed by atoms with Crippen molar-refractivity contribution in [2.75, 3.05) is 31.1 Å². The molecule has 1 aliphatic heterocycles. The van der Waals surface area contributed by atoms with E-state index >= 15 is 0 Å². The van der Waals surface area contributed by atoms with Crippen LogP contribution < -0.4 is 4.90 Å². The summed E-state index contributed by atoms with van der Waals surface area (Å²) in [6.07, 6.45) is 0. The second-order valence-corrected chi connectivity index (χ2v) is 6.82. The molecule has 1 fully saturated rings. The molecule has 0 N–H and O–H groups in total. The van der Waals surface area contributed by atoms with Crippen molar-refractivity contribution >= 4 is 17.4 Å². The van der Waals surface area contributed by atoms with Gasteiger partial charge in [-0.2, -0.15) is 0 Å². The van der Waals surface area contributed by atoms with Gasteiger partial charge in [0.2, 0.25) is 0 Å². The van der Waals surface area contributed by atoms with Gasteiger partial charge in [-0.25, -0.2) is 4.39 Å². The molecule has 0 aliphatic carbocycles. The molecule has 0 radical (unpaired) electrons. The first-order chi connectivity index (χ1) is 12.4. The molecule has 0 bridgehead atoms. The minimum atomic E-state index is -0.396. The van der Waals surface area contributed by atoms with Gasteiger partial charge in [0.1, 0.15) is 5.82 Å². The maximum atomic E-state index is 14.3. The number of hydrogen-bond donors (Lipinski definition) is 0. The summed E-state index contributed by atoms with van der Waals surface area (Å²) < 4.78 is 14.3. The lowest BCUT2D eigenvalue weighted by molar-refractivity contribution is 0.0745. The summed E-state index contributed by atoms with van der Waals surface area (Å²) in [4.78, 5) is 27.9. The predicted octanol–water partition coefficient (Wildman–Crippen LogP) is 3.61. The molecular weight excluding hydrogens is 331 g/mol. The van der Waals surface area contributed by atoms with Crippen molar-refractivity contribution in [3.63, 3.8) is 0 Å². The number of carbonyl (C=O) groups is 2. The molecule has 4 nitrogen and oxygen atoms in total. The van der Waals surface area contributed by atoms with Gasteiger partial charge < -0.3 is 9.80 Å². The Hall–Kier alpha value is -2.69. The largest absolute Gasteiger partial charge is 0.366 e. The molecule has 2 aromatic rings. The van der Waals surface area contributed by atoms with Crippen LogP contribution in [0.5, 0.6) is 0 Å². The van der Waals surface area contributed by atoms with Gasteiger partial charge in [0.15, 0.2) is 5.78 Å². The highest BCUT2D eigenvalue weighted by molar-refractivity contribution is 5.96. The predicted molar refractivity (Wildman–Crippen MR) is 100 cm³/mol. The highest BCUT2D eigenvalue weighted by Gasteiger charge is 2.24. The van der Waals surface area contributed by atoms with Gasteiger partial charge in [-0.15, -0.1) is 0 Å². The lowest BCUT2D eigenvalue weighted by Gasteiger charge is -2.36. The Balaban J connectivity index is 1.70. The third kappa shape index (κ3) is 3.62. The van der Waals surface area contributed by atoms with Gasteiger partial charge in [0, 0.05) is 37.3 Å². The lowest BCUT2D eigenvalue weighted by Crippen LogP contribution is -2.49. The van der Waals surface area contributed by atoms with Crippen molar-refractivity contribution in [1.29, 1.82) is 0 Å². The average molecular weight is 354 g/mol. The zero-order valence-electron chi connectivity index (χ0n) is 15.4. The van der Waals surface area contributed by atoms with Crippen LogP contribution >= 0.6 is 0 Å².